The van der Waals surface area contributed by atoms with Crippen molar-refractivity contribution in [3.8, 4) is 5.75 Å². The van der Waals surface area contributed by atoms with Crippen LogP contribution in [0, 0.1) is 0 Å². The molecule has 1 heterocycles. The zero-order valence-electron chi connectivity index (χ0n) is 16.8. The first-order chi connectivity index (χ1) is 12.3. The third kappa shape index (κ3) is 4.63. The molecule has 0 atom stereocenters. The second-order valence-electron chi connectivity index (χ2n) is 8.05. The average Bonchev–Trinajstić information content (AvgIpc) is 2.60. The summed E-state index contributed by atoms with van der Waals surface area (Å²) in [4.78, 5) is 15.2. The van der Waals surface area contributed by atoms with Crippen molar-refractivity contribution in [2.75, 3.05) is 26.0 Å². The Morgan fingerprint density at radius 2 is 1.93 bits per heavy atom. The number of ether oxygens (including phenoxy) is 1. The summed E-state index contributed by atoms with van der Waals surface area (Å²) in [5.41, 5.74) is 5.14. The summed E-state index contributed by atoms with van der Waals surface area (Å²) in [5.74, 6) is 0.481. The van der Waals surface area contributed by atoms with E-state index in [4.69, 9.17) is 4.74 Å². The van der Waals surface area contributed by atoms with Crippen LogP contribution in [0.2, 0.25) is 0 Å². The van der Waals surface area contributed by atoms with E-state index in [0.717, 1.165) is 30.8 Å². The Morgan fingerprint density at radius 1 is 1.19 bits per heavy atom. The quantitative estimate of drug-likeness (QED) is 0.831. The van der Waals surface area contributed by atoms with Gasteiger partial charge in [-0.1, -0.05) is 39.0 Å². The highest BCUT2D eigenvalue weighted by Gasteiger charge is 2.21. The summed E-state index contributed by atoms with van der Waals surface area (Å²) in [6.45, 7) is 8.37. The van der Waals surface area contributed by atoms with E-state index < -0.39 is 0 Å². The Labute approximate surface area is 168 Å². The van der Waals surface area contributed by atoms with Crippen molar-refractivity contribution >= 4 is 24.0 Å². The van der Waals surface area contributed by atoms with Crippen LogP contribution < -0.4 is 10.1 Å². The summed E-state index contributed by atoms with van der Waals surface area (Å²) < 4.78 is 5.50. The summed E-state index contributed by atoms with van der Waals surface area (Å²) in [7, 11) is 3.73. The van der Waals surface area contributed by atoms with Gasteiger partial charge in [0.05, 0.1) is 12.7 Å². The number of likely N-dealkylation sites (N-methyl/N-ethyl adjacent to an activating group) is 1. The number of nitrogens with zero attached hydrogens (tertiary/aromatic N) is 1. The number of hydrogen-bond donors (Lipinski definition) is 1. The molecule has 0 saturated carbocycles. The molecule has 0 bridgehead atoms. The highest BCUT2D eigenvalue weighted by molar-refractivity contribution is 6.06. The van der Waals surface area contributed by atoms with Crippen molar-refractivity contribution in [1.82, 2.24) is 4.90 Å². The van der Waals surface area contributed by atoms with E-state index in [-0.39, 0.29) is 23.7 Å². The highest BCUT2D eigenvalue weighted by atomic mass is 35.5. The van der Waals surface area contributed by atoms with Gasteiger partial charge < -0.3 is 15.0 Å². The fourth-order valence-corrected chi connectivity index (χ4v) is 3.40. The van der Waals surface area contributed by atoms with Crippen molar-refractivity contribution in [2.45, 2.75) is 39.2 Å². The second-order valence-corrected chi connectivity index (χ2v) is 8.05. The number of anilines is 1. The molecule has 27 heavy (non-hydrogen) atoms. The van der Waals surface area contributed by atoms with Crippen LogP contribution in [0.3, 0.4) is 0 Å². The van der Waals surface area contributed by atoms with E-state index in [9.17, 15) is 4.79 Å². The summed E-state index contributed by atoms with van der Waals surface area (Å²) in [5, 5.41) is 3.10. The predicted octanol–water partition coefficient (Wildman–Crippen LogP) is 4.65. The van der Waals surface area contributed by atoms with E-state index in [1.807, 2.05) is 30.3 Å². The van der Waals surface area contributed by atoms with Gasteiger partial charge in [0, 0.05) is 18.8 Å². The SMILES string of the molecule is COc1cc(C(C)(C)C)ccc1C(=O)Nc1cccc2c1CCN(C)C2.Cl. The molecule has 3 rings (SSSR count). The van der Waals surface area contributed by atoms with E-state index in [0.29, 0.717) is 11.3 Å². The fourth-order valence-electron chi connectivity index (χ4n) is 3.40. The Kier molecular flexibility index (Phi) is 6.55. The molecular formula is C22H29ClN2O2. The lowest BCUT2D eigenvalue weighted by Gasteiger charge is -2.27. The normalized spacial score (nSPS) is 14.1. The van der Waals surface area contributed by atoms with Gasteiger partial charge in [0.2, 0.25) is 0 Å². The van der Waals surface area contributed by atoms with Gasteiger partial charge in [-0.05, 0) is 53.8 Å². The molecule has 0 unspecified atom stereocenters. The molecule has 0 saturated heterocycles. The predicted molar refractivity (Wildman–Crippen MR) is 113 cm³/mol. The number of carbonyl (C=O) groups excluding carboxylic acids is 1. The monoisotopic (exact) mass is 388 g/mol. The first-order valence-electron chi connectivity index (χ1n) is 9.09. The summed E-state index contributed by atoms with van der Waals surface area (Å²) >= 11 is 0. The van der Waals surface area contributed by atoms with Gasteiger partial charge in [-0.15, -0.1) is 12.4 Å². The number of hydrogen-bond acceptors (Lipinski definition) is 3. The Bertz CT molecular complexity index is 828. The third-order valence-corrected chi connectivity index (χ3v) is 5.02. The van der Waals surface area contributed by atoms with E-state index in [2.05, 4.69) is 44.1 Å². The van der Waals surface area contributed by atoms with Crippen LogP contribution >= 0.6 is 12.4 Å². The van der Waals surface area contributed by atoms with Gasteiger partial charge in [-0.3, -0.25) is 4.79 Å². The molecule has 146 valence electrons. The van der Waals surface area contributed by atoms with Gasteiger partial charge in [0.25, 0.3) is 5.91 Å². The molecule has 5 heteroatoms. The van der Waals surface area contributed by atoms with Crippen LogP contribution in [0.15, 0.2) is 36.4 Å². The molecule has 1 N–H and O–H groups in total. The second kappa shape index (κ2) is 8.32. The minimum atomic E-state index is -0.130. The lowest BCUT2D eigenvalue weighted by Crippen LogP contribution is -2.27. The van der Waals surface area contributed by atoms with Crippen molar-refractivity contribution in [3.63, 3.8) is 0 Å². The number of carbonyl (C=O) groups is 1. The van der Waals surface area contributed by atoms with Crippen LogP contribution in [-0.2, 0) is 18.4 Å². The summed E-state index contributed by atoms with van der Waals surface area (Å²) in [6.07, 6.45) is 0.947. The number of methoxy groups -OCH3 is 1. The molecule has 0 fully saturated rings. The molecule has 0 aliphatic carbocycles. The average molecular weight is 389 g/mol. The Hall–Kier alpha value is -2.04. The van der Waals surface area contributed by atoms with Crippen LogP contribution in [0.1, 0.15) is 47.8 Å². The number of halogens is 1. The fraction of sp³-hybridized carbons (Fsp3) is 0.409. The van der Waals surface area contributed by atoms with Crippen molar-refractivity contribution in [2.24, 2.45) is 0 Å². The van der Waals surface area contributed by atoms with Gasteiger partial charge in [0.15, 0.2) is 0 Å². The maximum Gasteiger partial charge on any atom is 0.259 e. The van der Waals surface area contributed by atoms with Crippen LogP contribution in [0.25, 0.3) is 0 Å². The third-order valence-electron chi connectivity index (χ3n) is 5.02. The minimum absolute atomic E-state index is 0. The highest BCUT2D eigenvalue weighted by Crippen LogP contribution is 2.30. The number of nitrogens with one attached hydrogen (secondary N) is 1. The number of rotatable bonds is 3. The molecule has 1 amide bonds. The molecule has 1 aliphatic heterocycles. The lowest BCUT2D eigenvalue weighted by molar-refractivity contribution is 0.102. The largest absolute Gasteiger partial charge is 0.496 e. The topological polar surface area (TPSA) is 41.6 Å². The standard InChI is InChI=1S/C22H28N2O2.ClH/c1-22(2,3)16-9-10-18(20(13-16)26-5)21(25)23-19-8-6-7-15-14-24(4)12-11-17(15)19;/h6-10,13H,11-12,14H2,1-5H3,(H,23,25);1H. The van der Waals surface area contributed by atoms with Gasteiger partial charge in [0.1, 0.15) is 5.75 Å². The van der Waals surface area contributed by atoms with Crippen LogP contribution in [0.5, 0.6) is 5.75 Å². The molecule has 0 aromatic heterocycles. The first kappa shape index (κ1) is 21.3. The van der Waals surface area contributed by atoms with Gasteiger partial charge in [-0.2, -0.15) is 0 Å². The molecule has 0 radical (unpaired) electrons. The maximum absolute atomic E-state index is 12.9. The van der Waals surface area contributed by atoms with Crippen LogP contribution in [0.4, 0.5) is 5.69 Å². The van der Waals surface area contributed by atoms with Crippen molar-refractivity contribution in [3.05, 3.63) is 58.7 Å². The molecule has 0 spiro atoms. The van der Waals surface area contributed by atoms with Crippen molar-refractivity contribution in [1.29, 1.82) is 0 Å². The zero-order chi connectivity index (χ0) is 18.9. The molecule has 1 aliphatic rings. The number of benzene rings is 2. The molecular weight excluding hydrogens is 360 g/mol. The Balaban J connectivity index is 0.00000261. The first-order valence-corrected chi connectivity index (χ1v) is 9.09. The molecule has 4 nitrogen and oxygen atoms in total. The molecule has 2 aromatic carbocycles. The lowest BCUT2D eigenvalue weighted by atomic mass is 9.86. The van der Waals surface area contributed by atoms with Gasteiger partial charge >= 0.3 is 0 Å². The summed E-state index contributed by atoms with van der Waals surface area (Å²) in [6, 6.07) is 12.0. The maximum atomic E-state index is 12.9. The van der Waals surface area contributed by atoms with Crippen LogP contribution in [-0.4, -0.2) is 31.5 Å². The smallest absolute Gasteiger partial charge is 0.259 e. The zero-order valence-corrected chi connectivity index (χ0v) is 17.6. The van der Waals surface area contributed by atoms with Gasteiger partial charge in [-0.25, -0.2) is 0 Å². The van der Waals surface area contributed by atoms with E-state index in [1.165, 1.54) is 11.1 Å². The number of fused-ring (bicyclic) bond motifs is 1. The van der Waals surface area contributed by atoms with Crippen molar-refractivity contribution < 1.29 is 9.53 Å². The number of amides is 1. The van der Waals surface area contributed by atoms with E-state index >= 15 is 0 Å². The molecule has 2 aromatic rings. The minimum Gasteiger partial charge on any atom is -0.496 e. The van der Waals surface area contributed by atoms with E-state index in [1.54, 1.807) is 7.11 Å². The Morgan fingerprint density at radius 3 is 2.59 bits per heavy atom.